The van der Waals surface area contributed by atoms with E-state index in [9.17, 15) is 13.6 Å². The Hall–Kier alpha value is -2.79. The zero-order chi connectivity index (χ0) is 20.4. The van der Waals surface area contributed by atoms with Crippen molar-refractivity contribution in [1.82, 2.24) is 14.8 Å². The quantitative estimate of drug-likeness (QED) is 0.856. The number of hydrogen-bond acceptors (Lipinski definition) is 5. The maximum atomic E-state index is 13.6. The van der Waals surface area contributed by atoms with Crippen molar-refractivity contribution in [3.05, 3.63) is 36.5 Å². The highest BCUT2D eigenvalue weighted by Crippen LogP contribution is 2.32. The Labute approximate surface area is 168 Å². The number of benzene rings is 1. The summed E-state index contributed by atoms with van der Waals surface area (Å²) in [6.07, 6.45) is 2.90. The monoisotopic (exact) mass is 399 g/mol. The van der Waals surface area contributed by atoms with Crippen molar-refractivity contribution in [3.8, 4) is 6.07 Å². The fourth-order valence-electron chi connectivity index (χ4n) is 4.16. The molecule has 2 aromatic rings. The van der Waals surface area contributed by atoms with Gasteiger partial charge in [-0.25, -0.2) is 8.78 Å². The first kappa shape index (κ1) is 19.5. The Morgan fingerprint density at radius 2 is 2.07 bits per heavy atom. The fourth-order valence-corrected chi connectivity index (χ4v) is 4.16. The molecule has 1 aromatic heterocycles. The van der Waals surface area contributed by atoms with Crippen LogP contribution < -0.4 is 5.32 Å². The normalized spacial score (nSPS) is 22.5. The van der Waals surface area contributed by atoms with Crippen LogP contribution in [0.1, 0.15) is 19.3 Å². The molecule has 1 N–H and O–H groups in total. The zero-order valence-electron chi connectivity index (χ0n) is 16.0. The van der Waals surface area contributed by atoms with Crippen LogP contribution in [0.15, 0.2) is 36.5 Å². The van der Waals surface area contributed by atoms with Crippen LogP contribution in [0.5, 0.6) is 0 Å². The summed E-state index contributed by atoms with van der Waals surface area (Å²) in [5.74, 6) is -3.36. The molecular formula is C21H23F2N5O. The van der Waals surface area contributed by atoms with Gasteiger partial charge in [0.1, 0.15) is 6.04 Å². The van der Waals surface area contributed by atoms with E-state index < -0.39 is 24.9 Å². The smallest absolute Gasteiger partial charge is 0.268 e. The number of alkyl halides is 2. The molecule has 0 spiro atoms. The summed E-state index contributed by atoms with van der Waals surface area (Å²) in [5.41, 5.74) is 1.98. The molecule has 1 atom stereocenters. The van der Waals surface area contributed by atoms with Gasteiger partial charge in [0.2, 0.25) is 5.91 Å². The van der Waals surface area contributed by atoms with Crippen LogP contribution in [0.25, 0.3) is 10.9 Å². The third kappa shape index (κ3) is 4.30. The minimum Gasteiger partial charge on any atom is -0.382 e. The number of aromatic nitrogens is 1. The number of pyridine rings is 1. The molecule has 0 saturated carbocycles. The van der Waals surface area contributed by atoms with E-state index in [2.05, 4.69) is 10.3 Å². The van der Waals surface area contributed by atoms with Crippen LogP contribution >= 0.6 is 0 Å². The van der Waals surface area contributed by atoms with Crippen molar-refractivity contribution in [2.24, 2.45) is 0 Å². The molecule has 0 radical (unpaired) electrons. The Kier molecular flexibility index (Phi) is 5.33. The molecule has 6 nitrogen and oxygen atoms in total. The molecule has 2 saturated heterocycles. The number of likely N-dealkylation sites (tertiary alicyclic amines) is 2. The van der Waals surface area contributed by atoms with Crippen molar-refractivity contribution in [1.29, 1.82) is 5.26 Å². The molecule has 2 aliphatic heterocycles. The number of hydrogen-bond donors (Lipinski definition) is 1. The molecular weight excluding hydrogens is 376 g/mol. The van der Waals surface area contributed by atoms with Crippen LogP contribution in [-0.2, 0) is 4.79 Å². The van der Waals surface area contributed by atoms with E-state index in [0.717, 1.165) is 34.3 Å². The number of fused-ring (bicyclic) bond motifs is 1. The molecule has 29 heavy (non-hydrogen) atoms. The summed E-state index contributed by atoms with van der Waals surface area (Å²) in [7, 11) is 0. The lowest BCUT2D eigenvalue weighted by atomic mass is 10.0. The molecule has 2 fully saturated rings. The van der Waals surface area contributed by atoms with Gasteiger partial charge >= 0.3 is 0 Å². The number of anilines is 1. The van der Waals surface area contributed by atoms with Crippen molar-refractivity contribution >= 4 is 22.5 Å². The van der Waals surface area contributed by atoms with E-state index in [1.807, 2.05) is 41.3 Å². The Bertz CT molecular complexity index is 931. The number of carbonyl (C=O) groups is 1. The van der Waals surface area contributed by atoms with Gasteiger partial charge in [0.25, 0.3) is 5.92 Å². The minimum atomic E-state index is -2.97. The van der Waals surface area contributed by atoms with E-state index in [4.69, 9.17) is 5.26 Å². The molecule has 2 aliphatic rings. The second-order valence-electron chi connectivity index (χ2n) is 7.80. The molecule has 1 unspecified atom stereocenters. The molecule has 4 rings (SSSR count). The summed E-state index contributed by atoms with van der Waals surface area (Å²) in [4.78, 5) is 19.9. The highest BCUT2D eigenvalue weighted by atomic mass is 19.3. The van der Waals surface area contributed by atoms with Crippen molar-refractivity contribution in [3.63, 3.8) is 0 Å². The van der Waals surface area contributed by atoms with Gasteiger partial charge in [0.05, 0.1) is 24.7 Å². The van der Waals surface area contributed by atoms with Gasteiger partial charge in [-0.05, 0) is 37.1 Å². The number of amides is 1. The first-order valence-corrected chi connectivity index (χ1v) is 9.85. The predicted molar refractivity (Wildman–Crippen MR) is 106 cm³/mol. The number of rotatable bonds is 4. The Morgan fingerprint density at radius 1 is 1.28 bits per heavy atom. The van der Waals surface area contributed by atoms with Gasteiger partial charge in [0.15, 0.2) is 0 Å². The summed E-state index contributed by atoms with van der Waals surface area (Å²) < 4.78 is 27.1. The van der Waals surface area contributed by atoms with Gasteiger partial charge in [-0.1, -0.05) is 6.07 Å². The predicted octanol–water partition coefficient (Wildman–Crippen LogP) is 2.87. The molecule has 8 heteroatoms. The van der Waals surface area contributed by atoms with E-state index in [1.54, 1.807) is 6.20 Å². The number of piperidine rings is 1. The van der Waals surface area contributed by atoms with Gasteiger partial charge < -0.3 is 10.2 Å². The third-order valence-electron chi connectivity index (χ3n) is 5.69. The van der Waals surface area contributed by atoms with Gasteiger partial charge in [-0.3, -0.25) is 14.7 Å². The number of nitriles is 1. The van der Waals surface area contributed by atoms with E-state index >= 15 is 0 Å². The van der Waals surface area contributed by atoms with Gasteiger partial charge in [-0.15, -0.1) is 0 Å². The maximum absolute atomic E-state index is 13.6. The second-order valence-corrected chi connectivity index (χ2v) is 7.80. The van der Waals surface area contributed by atoms with Crippen molar-refractivity contribution in [2.45, 2.75) is 37.3 Å². The highest BCUT2D eigenvalue weighted by molar-refractivity contribution is 5.91. The largest absolute Gasteiger partial charge is 0.382 e. The van der Waals surface area contributed by atoms with Gasteiger partial charge in [0, 0.05) is 42.8 Å². The van der Waals surface area contributed by atoms with Crippen molar-refractivity contribution < 1.29 is 13.6 Å². The fraction of sp³-hybridized carbons (Fsp3) is 0.476. The Morgan fingerprint density at radius 3 is 2.83 bits per heavy atom. The standard InChI is InChI=1S/C21H23F2N5O/c22-21(23)11-16(12-24)28(14-21)20(29)13-27-9-6-15(7-10-27)26-19-5-1-4-18-17(19)3-2-8-25-18/h1-5,8,15-16,26H,6-7,9-11,13-14H2. The lowest BCUT2D eigenvalue weighted by Crippen LogP contribution is -2.46. The number of nitrogens with zero attached hydrogens (tertiary/aromatic N) is 4. The third-order valence-corrected chi connectivity index (χ3v) is 5.69. The molecule has 1 amide bonds. The molecule has 0 aliphatic carbocycles. The summed E-state index contributed by atoms with van der Waals surface area (Å²) >= 11 is 0. The lowest BCUT2D eigenvalue weighted by Gasteiger charge is -2.33. The zero-order valence-corrected chi connectivity index (χ0v) is 16.0. The van der Waals surface area contributed by atoms with Crippen molar-refractivity contribution in [2.75, 3.05) is 31.5 Å². The van der Waals surface area contributed by atoms with E-state index in [1.165, 1.54) is 0 Å². The molecule has 1 aromatic carbocycles. The van der Waals surface area contributed by atoms with E-state index in [0.29, 0.717) is 13.1 Å². The molecule has 0 bridgehead atoms. The SMILES string of the molecule is N#CC1CC(F)(F)CN1C(=O)CN1CCC(Nc2cccc3ncccc23)CC1. The Balaban J connectivity index is 1.32. The van der Waals surface area contributed by atoms with E-state index in [-0.39, 0.29) is 18.5 Å². The lowest BCUT2D eigenvalue weighted by molar-refractivity contribution is -0.134. The summed E-state index contributed by atoms with van der Waals surface area (Å²) in [6.45, 7) is 0.831. The highest BCUT2D eigenvalue weighted by Gasteiger charge is 2.47. The summed E-state index contributed by atoms with van der Waals surface area (Å²) in [6, 6.07) is 11.0. The maximum Gasteiger partial charge on any atom is 0.268 e. The average Bonchev–Trinajstić information content (AvgIpc) is 3.05. The number of halogens is 2. The van der Waals surface area contributed by atoms with Crippen LogP contribution in [0.2, 0.25) is 0 Å². The van der Waals surface area contributed by atoms with Crippen LogP contribution in [0, 0.1) is 11.3 Å². The van der Waals surface area contributed by atoms with Crippen LogP contribution in [0.3, 0.4) is 0 Å². The first-order chi connectivity index (χ1) is 13.9. The average molecular weight is 399 g/mol. The topological polar surface area (TPSA) is 72.3 Å². The molecule has 3 heterocycles. The molecule has 152 valence electrons. The summed E-state index contributed by atoms with van der Waals surface area (Å²) in [5, 5.41) is 13.7. The second kappa shape index (κ2) is 7.91. The van der Waals surface area contributed by atoms with Crippen LogP contribution in [0.4, 0.5) is 14.5 Å². The first-order valence-electron chi connectivity index (χ1n) is 9.85. The van der Waals surface area contributed by atoms with Gasteiger partial charge in [-0.2, -0.15) is 5.26 Å². The number of nitrogens with one attached hydrogen (secondary N) is 1. The number of carbonyl (C=O) groups excluding carboxylic acids is 1. The minimum absolute atomic E-state index is 0.0825. The van der Waals surface area contributed by atoms with Crippen LogP contribution in [-0.4, -0.2) is 64.9 Å².